The Hall–Kier alpha value is -1.23. The highest BCUT2D eigenvalue weighted by Crippen LogP contribution is 2.30. The molecule has 1 fully saturated rings. The monoisotopic (exact) mass is 258 g/mol. The van der Waals surface area contributed by atoms with E-state index < -0.39 is 12.6 Å². The minimum absolute atomic E-state index is 0.0819. The van der Waals surface area contributed by atoms with E-state index >= 15 is 0 Å². The number of nitrogens with two attached hydrogens (primary N) is 1. The highest BCUT2D eigenvalue weighted by molar-refractivity contribution is 5.39. The predicted molar refractivity (Wildman–Crippen MR) is 65.0 cm³/mol. The summed E-state index contributed by atoms with van der Waals surface area (Å²) in [6, 6.07) is 7.63. The number of halogens is 3. The minimum atomic E-state index is -4.08. The van der Waals surface area contributed by atoms with Gasteiger partial charge in [0.15, 0.2) is 0 Å². The molecule has 0 saturated heterocycles. The molecule has 1 aromatic carbocycles. The van der Waals surface area contributed by atoms with Gasteiger partial charge in [-0.2, -0.15) is 13.2 Å². The van der Waals surface area contributed by atoms with Crippen LogP contribution in [0.1, 0.15) is 24.8 Å². The van der Waals surface area contributed by atoms with Gasteiger partial charge >= 0.3 is 6.18 Å². The Bertz CT molecular complexity index is 382. The van der Waals surface area contributed by atoms with Crippen LogP contribution in [0.3, 0.4) is 0 Å². The summed E-state index contributed by atoms with van der Waals surface area (Å²) in [5, 5.41) is 0. The zero-order valence-electron chi connectivity index (χ0n) is 10.1. The lowest BCUT2D eigenvalue weighted by Crippen LogP contribution is -2.29. The van der Waals surface area contributed by atoms with Crippen LogP contribution in [-0.2, 0) is 6.54 Å². The number of hydrogen-bond acceptors (Lipinski definition) is 2. The van der Waals surface area contributed by atoms with E-state index in [9.17, 15) is 13.2 Å². The van der Waals surface area contributed by atoms with Crippen LogP contribution in [-0.4, -0.2) is 23.7 Å². The van der Waals surface area contributed by atoms with Crippen LogP contribution in [0.2, 0.25) is 0 Å². The number of rotatable bonds is 5. The average molecular weight is 258 g/mol. The summed E-state index contributed by atoms with van der Waals surface area (Å²) in [6.45, 7) is 0.652. The van der Waals surface area contributed by atoms with Gasteiger partial charge in [-0.3, -0.25) is 4.90 Å². The molecule has 0 bridgehead atoms. The van der Waals surface area contributed by atoms with E-state index in [0.717, 1.165) is 18.4 Å². The van der Waals surface area contributed by atoms with Gasteiger partial charge in [-0.05, 0) is 30.5 Å². The Balaban J connectivity index is 1.92. The van der Waals surface area contributed by atoms with E-state index in [4.69, 9.17) is 5.73 Å². The minimum Gasteiger partial charge on any atom is -0.399 e. The van der Waals surface area contributed by atoms with Crippen LogP contribution < -0.4 is 5.73 Å². The zero-order chi connectivity index (χ0) is 13.2. The fraction of sp³-hybridized carbons (Fsp3) is 0.538. The van der Waals surface area contributed by atoms with Gasteiger partial charge < -0.3 is 5.73 Å². The van der Waals surface area contributed by atoms with Gasteiger partial charge in [0.1, 0.15) is 0 Å². The van der Waals surface area contributed by atoms with Crippen LogP contribution in [0, 0.1) is 0 Å². The molecule has 0 heterocycles. The second kappa shape index (κ2) is 5.18. The molecule has 0 amide bonds. The van der Waals surface area contributed by atoms with Gasteiger partial charge in [-0.1, -0.05) is 12.1 Å². The summed E-state index contributed by atoms with van der Waals surface area (Å²) in [7, 11) is 0. The first kappa shape index (κ1) is 13.2. The highest BCUT2D eigenvalue weighted by Gasteiger charge is 2.33. The molecule has 2 nitrogen and oxygen atoms in total. The van der Waals surface area contributed by atoms with Crippen molar-refractivity contribution in [2.45, 2.75) is 38.0 Å². The van der Waals surface area contributed by atoms with E-state index in [1.54, 1.807) is 12.1 Å². The molecule has 100 valence electrons. The Kier molecular flexibility index (Phi) is 3.80. The third-order valence-corrected chi connectivity index (χ3v) is 3.11. The lowest BCUT2D eigenvalue weighted by atomic mass is 10.2. The molecule has 0 unspecified atom stereocenters. The predicted octanol–water partition coefficient (Wildman–Crippen LogP) is 3.19. The highest BCUT2D eigenvalue weighted by atomic mass is 19.4. The molecule has 1 aliphatic carbocycles. The second-order valence-electron chi connectivity index (χ2n) is 4.81. The number of anilines is 1. The third-order valence-electron chi connectivity index (χ3n) is 3.11. The van der Waals surface area contributed by atoms with Crippen molar-refractivity contribution in [3.63, 3.8) is 0 Å². The van der Waals surface area contributed by atoms with E-state index in [0.29, 0.717) is 18.3 Å². The van der Waals surface area contributed by atoms with Crippen molar-refractivity contribution in [1.29, 1.82) is 0 Å². The molecular formula is C13H17F3N2. The quantitative estimate of drug-likeness (QED) is 0.822. The molecule has 1 aliphatic rings. The molecule has 1 saturated carbocycles. The molecule has 2 rings (SSSR count). The summed E-state index contributed by atoms with van der Waals surface area (Å²) in [5.74, 6) is 0. The standard InChI is InChI=1S/C13H17F3N2/c14-13(15,16)7-8-18(12-5-6-12)9-10-1-3-11(17)4-2-10/h1-4,12H,5-9,17H2. The van der Waals surface area contributed by atoms with Crippen LogP contribution in [0.25, 0.3) is 0 Å². The van der Waals surface area contributed by atoms with Gasteiger partial charge in [0.25, 0.3) is 0 Å². The summed E-state index contributed by atoms with van der Waals surface area (Å²) < 4.78 is 36.7. The summed E-state index contributed by atoms with van der Waals surface area (Å²) in [4.78, 5) is 1.92. The van der Waals surface area contributed by atoms with E-state index in [2.05, 4.69) is 0 Å². The lowest BCUT2D eigenvalue weighted by Gasteiger charge is -2.22. The maximum Gasteiger partial charge on any atom is 0.390 e. The second-order valence-corrected chi connectivity index (χ2v) is 4.81. The van der Waals surface area contributed by atoms with Gasteiger partial charge in [0.2, 0.25) is 0 Å². The zero-order valence-corrected chi connectivity index (χ0v) is 10.1. The normalized spacial score (nSPS) is 16.2. The first-order valence-electron chi connectivity index (χ1n) is 6.09. The van der Waals surface area contributed by atoms with Crippen molar-refractivity contribution in [2.75, 3.05) is 12.3 Å². The molecule has 18 heavy (non-hydrogen) atoms. The smallest absolute Gasteiger partial charge is 0.390 e. The SMILES string of the molecule is Nc1ccc(CN(CCC(F)(F)F)C2CC2)cc1. The number of benzene rings is 1. The first-order valence-corrected chi connectivity index (χ1v) is 6.09. The summed E-state index contributed by atoms with van der Waals surface area (Å²) in [5.41, 5.74) is 7.27. The van der Waals surface area contributed by atoms with Crippen LogP contribution >= 0.6 is 0 Å². The van der Waals surface area contributed by atoms with Crippen molar-refractivity contribution < 1.29 is 13.2 Å². The number of hydrogen-bond donors (Lipinski definition) is 1. The van der Waals surface area contributed by atoms with Crippen molar-refractivity contribution in [3.8, 4) is 0 Å². The summed E-state index contributed by atoms with van der Waals surface area (Å²) >= 11 is 0. The molecule has 5 heteroatoms. The Morgan fingerprint density at radius 2 is 1.78 bits per heavy atom. The van der Waals surface area contributed by atoms with E-state index in [-0.39, 0.29) is 6.54 Å². The fourth-order valence-electron chi connectivity index (χ4n) is 1.96. The molecule has 2 N–H and O–H groups in total. The lowest BCUT2D eigenvalue weighted by molar-refractivity contribution is -0.138. The fourth-order valence-corrected chi connectivity index (χ4v) is 1.96. The molecule has 0 spiro atoms. The number of nitrogen functional groups attached to an aromatic ring is 1. The molecule has 0 radical (unpaired) electrons. The van der Waals surface area contributed by atoms with Gasteiger partial charge in [0, 0.05) is 24.8 Å². The maximum absolute atomic E-state index is 12.2. The largest absolute Gasteiger partial charge is 0.399 e. The van der Waals surface area contributed by atoms with Gasteiger partial charge in [0.05, 0.1) is 6.42 Å². The maximum atomic E-state index is 12.2. The number of alkyl halides is 3. The molecule has 1 aromatic rings. The Labute approximate surface area is 105 Å². The van der Waals surface area contributed by atoms with Crippen molar-refractivity contribution >= 4 is 5.69 Å². The average Bonchev–Trinajstić information content (AvgIpc) is 3.09. The Morgan fingerprint density at radius 1 is 1.17 bits per heavy atom. The van der Waals surface area contributed by atoms with Crippen LogP contribution in [0.5, 0.6) is 0 Å². The summed E-state index contributed by atoms with van der Waals surface area (Å²) in [6.07, 6.45) is -2.80. The first-order chi connectivity index (χ1) is 8.44. The van der Waals surface area contributed by atoms with Gasteiger partial charge in [-0.25, -0.2) is 0 Å². The Morgan fingerprint density at radius 3 is 2.28 bits per heavy atom. The topological polar surface area (TPSA) is 29.3 Å². The number of nitrogens with zero attached hydrogens (tertiary/aromatic N) is 1. The van der Waals surface area contributed by atoms with Crippen molar-refractivity contribution in [3.05, 3.63) is 29.8 Å². The van der Waals surface area contributed by atoms with Crippen molar-refractivity contribution in [1.82, 2.24) is 4.90 Å². The van der Waals surface area contributed by atoms with E-state index in [1.807, 2.05) is 17.0 Å². The molecule has 0 aromatic heterocycles. The van der Waals surface area contributed by atoms with Crippen LogP contribution in [0.15, 0.2) is 24.3 Å². The van der Waals surface area contributed by atoms with Crippen LogP contribution in [0.4, 0.5) is 18.9 Å². The third kappa shape index (κ3) is 4.22. The molecular weight excluding hydrogens is 241 g/mol. The molecule has 0 atom stereocenters. The van der Waals surface area contributed by atoms with Crippen molar-refractivity contribution in [2.24, 2.45) is 0 Å². The van der Waals surface area contributed by atoms with E-state index in [1.165, 1.54) is 0 Å². The molecule has 0 aliphatic heterocycles. The van der Waals surface area contributed by atoms with Gasteiger partial charge in [-0.15, -0.1) is 0 Å².